The van der Waals surface area contributed by atoms with Crippen LogP contribution in [0.4, 0.5) is 10.2 Å². The van der Waals surface area contributed by atoms with E-state index in [-0.39, 0.29) is 5.56 Å². The van der Waals surface area contributed by atoms with Crippen molar-refractivity contribution in [2.75, 3.05) is 32.3 Å². The van der Waals surface area contributed by atoms with E-state index in [1.54, 1.807) is 30.7 Å². The number of hydrogen-bond donors (Lipinski definition) is 0. The Labute approximate surface area is 157 Å². The van der Waals surface area contributed by atoms with Crippen molar-refractivity contribution >= 4 is 17.4 Å². The normalized spacial score (nSPS) is 11.0. The largest absolute Gasteiger partial charge is 0.487 e. The summed E-state index contributed by atoms with van der Waals surface area (Å²) in [6.45, 7) is 2.81. The molecule has 0 spiro atoms. The fourth-order valence-corrected chi connectivity index (χ4v) is 2.93. The number of carbonyl (C=O) groups excluding carboxylic acids is 1. The quantitative estimate of drug-likeness (QED) is 0.598. The second kappa shape index (κ2) is 8.18. The molecule has 142 valence electrons. The smallest absolute Gasteiger partial charge is 0.262 e. The molecule has 6 nitrogen and oxygen atoms in total. The topological polar surface area (TPSA) is 56.1 Å². The molecule has 0 unspecified atom stereocenters. The van der Waals surface area contributed by atoms with Crippen LogP contribution in [0.5, 0.6) is 5.75 Å². The minimum Gasteiger partial charge on any atom is -0.487 e. The molecule has 0 saturated heterocycles. The summed E-state index contributed by atoms with van der Waals surface area (Å²) in [6.07, 6.45) is 2.43. The number of fused-ring (bicyclic) bond motifs is 1. The lowest BCUT2D eigenvalue weighted by Gasteiger charge is -2.19. The molecule has 0 N–H and O–H groups in total. The van der Waals surface area contributed by atoms with Crippen molar-refractivity contribution in [3.05, 3.63) is 59.7 Å². The maximum atomic E-state index is 14.1. The number of imidazole rings is 1. The van der Waals surface area contributed by atoms with Crippen LogP contribution in [0.1, 0.15) is 23.0 Å². The van der Waals surface area contributed by atoms with E-state index in [1.807, 2.05) is 25.3 Å². The molecule has 0 bridgehead atoms. The van der Waals surface area contributed by atoms with E-state index in [9.17, 15) is 9.18 Å². The van der Waals surface area contributed by atoms with E-state index in [1.165, 1.54) is 17.0 Å². The van der Waals surface area contributed by atoms with Gasteiger partial charge in [-0.15, -0.1) is 0 Å². The molecule has 2 aromatic heterocycles. The van der Waals surface area contributed by atoms with Gasteiger partial charge in [-0.25, -0.2) is 9.37 Å². The number of ether oxygens (including phenoxy) is 2. The van der Waals surface area contributed by atoms with Crippen molar-refractivity contribution in [1.82, 2.24) is 9.38 Å². The van der Waals surface area contributed by atoms with Crippen LogP contribution in [0.2, 0.25) is 0 Å². The third-order valence-electron chi connectivity index (χ3n) is 4.26. The van der Waals surface area contributed by atoms with Crippen LogP contribution < -0.4 is 9.64 Å². The number of benzene rings is 1. The number of pyridine rings is 1. The fraction of sp³-hybridized carbons (Fsp3) is 0.300. The maximum absolute atomic E-state index is 14.1. The van der Waals surface area contributed by atoms with E-state index >= 15 is 0 Å². The summed E-state index contributed by atoms with van der Waals surface area (Å²) in [4.78, 5) is 18.9. The molecule has 2 heterocycles. The average molecular weight is 371 g/mol. The van der Waals surface area contributed by atoms with Gasteiger partial charge in [0.1, 0.15) is 18.2 Å². The number of aromatic nitrogens is 2. The van der Waals surface area contributed by atoms with Gasteiger partial charge in [-0.1, -0.05) is 19.1 Å². The zero-order valence-corrected chi connectivity index (χ0v) is 15.6. The summed E-state index contributed by atoms with van der Waals surface area (Å²) in [5.41, 5.74) is 1.35. The monoisotopic (exact) mass is 371 g/mol. The van der Waals surface area contributed by atoms with Crippen molar-refractivity contribution in [2.45, 2.75) is 13.3 Å². The lowest BCUT2D eigenvalue weighted by Crippen LogP contribution is -2.29. The Bertz CT molecular complexity index is 955. The van der Waals surface area contributed by atoms with E-state index in [2.05, 4.69) is 4.98 Å². The first-order chi connectivity index (χ1) is 13.1. The van der Waals surface area contributed by atoms with E-state index in [0.717, 1.165) is 5.69 Å². The minimum absolute atomic E-state index is 0.0181. The van der Waals surface area contributed by atoms with Gasteiger partial charge in [0, 0.05) is 20.4 Å². The lowest BCUT2D eigenvalue weighted by molar-refractivity contribution is 0.0988. The van der Waals surface area contributed by atoms with E-state index in [4.69, 9.17) is 9.47 Å². The van der Waals surface area contributed by atoms with Crippen molar-refractivity contribution in [3.63, 3.8) is 0 Å². The Morgan fingerprint density at radius 1 is 1.22 bits per heavy atom. The first kappa shape index (κ1) is 18.8. The Balaban J connectivity index is 2.04. The molecule has 0 saturated carbocycles. The molecule has 7 heteroatoms. The Morgan fingerprint density at radius 2 is 2.00 bits per heavy atom. The highest BCUT2D eigenvalue weighted by Crippen LogP contribution is 2.29. The Morgan fingerprint density at radius 3 is 2.70 bits per heavy atom. The third-order valence-corrected chi connectivity index (χ3v) is 4.26. The summed E-state index contributed by atoms with van der Waals surface area (Å²) in [7, 11) is 3.23. The number of anilines is 1. The van der Waals surface area contributed by atoms with Crippen molar-refractivity contribution in [3.8, 4) is 5.75 Å². The highest BCUT2D eigenvalue weighted by molar-refractivity contribution is 6.06. The first-order valence-corrected chi connectivity index (χ1v) is 8.72. The highest BCUT2D eigenvalue weighted by atomic mass is 19.1. The van der Waals surface area contributed by atoms with Crippen molar-refractivity contribution < 1.29 is 18.7 Å². The average Bonchev–Trinajstić information content (AvgIpc) is 3.07. The van der Waals surface area contributed by atoms with Gasteiger partial charge in [0.15, 0.2) is 11.4 Å². The summed E-state index contributed by atoms with van der Waals surface area (Å²) in [6, 6.07) is 9.59. The molecular formula is C20H22FN3O3. The van der Waals surface area contributed by atoms with Crippen LogP contribution in [-0.2, 0) is 11.2 Å². The number of amides is 1. The molecule has 0 atom stereocenters. The number of methoxy groups -OCH3 is 1. The lowest BCUT2D eigenvalue weighted by atomic mass is 10.2. The zero-order valence-electron chi connectivity index (χ0n) is 15.6. The van der Waals surface area contributed by atoms with Crippen LogP contribution >= 0.6 is 0 Å². The molecule has 1 amide bonds. The Kier molecular flexibility index (Phi) is 5.71. The van der Waals surface area contributed by atoms with Gasteiger partial charge in [0.05, 0.1) is 17.9 Å². The number of hydrogen-bond acceptors (Lipinski definition) is 4. The van der Waals surface area contributed by atoms with Crippen LogP contribution in [0, 0.1) is 5.82 Å². The predicted octanol–water partition coefficient (Wildman–Crippen LogP) is 3.34. The number of carbonyl (C=O) groups is 1. The van der Waals surface area contributed by atoms with Crippen molar-refractivity contribution in [2.24, 2.45) is 0 Å². The molecule has 3 aromatic rings. The molecule has 0 radical (unpaired) electrons. The fourth-order valence-electron chi connectivity index (χ4n) is 2.93. The van der Waals surface area contributed by atoms with Crippen molar-refractivity contribution in [1.29, 1.82) is 0 Å². The minimum atomic E-state index is -0.551. The number of halogens is 1. The highest BCUT2D eigenvalue weighted by Gasteiger charge is 2.24. The summed E-state index contributed by atoms with van der Waals surface area (Å²) < 4.78 is 26.6. The second-order valence-electron chi connectivity index (χ2n) is 5.99. The van der Waals surface area contributed by atoms with Gasteiger partial charge in [0.25, 0.3) is 5.91 Å². The van der Waals surface area contributed by atoms with Gasteiger partial charge in [0.2, 0.25) is 0 Å². The number of nitrogens with zero attached hydrogens (tertiary/aromatic N) is 3. The Hall–Kier alpha value is -2.93. The second-order valence-corrected chi connectivity index (χ2v) is 5.99. The number of aryl methyl sites for hydroxylation is 1. The molecule has 0 aliphatic carbocycles. The van der Waals surface area contributed by atoms with Gasteiger partial charge in [-0.05, 0) is 30.7 Å². The molecule has 1 aromatic carbocycles. The van der Waals surface area contributed by atoms with Crippen LogP contribution in [-0.4, -0.2) is 42.7 Å². The molecule has 0 fully saturated rings. The summed E-state index contributed by atoms with van der Waals surface area (Å²) >= 11 is 0. The van der Waals surface area contributed by atoms with E-state index < -0.39 is 11.7 Å². The van der Waals surface area contributed by atoms with Gasteiger partial charge < -0.3 is 9.47 Å². The van der Waals surface area contributed by atoms with Gasteiger partial charge in [-0.2, -0.15) is 0 Å². The van der Waals surface area contributed by atoms with Crippen LogP contribution in [0.25, 0.3) is 5.65 Å². The molecule has 3 rings (SSSR count). The van der Waals surface area contributed by atoms with E-state index in [0.29, 0.717) is 36.8 Å². The predicted molar refractivity (Wildman–Crippen MR) is 101 cm³/mol. The maximum Gasteiger partial charge on any atom is 0.262 e. The summed E-state index contributed by atoms with van der Waals surface area (Å²) in [5.74, 6) is 0.209. The van der Waals surface area contributed by atoms with Gasteiger partial charge in [-0.3, -0.25) is 14.1 Å². The van der Waals surface area contributed by atoms with Gasteiger partial charge >= 0.3 is 0 Å². The molecule has 0 aliphatic rings. The SMILES string of the molecule is CCc1nc2c(OCCOC)cccn2c1N(C)C(=O)c1ccccc1F. The standard InChI is InChI=1S/C20H22FN3O3/c1-4-16-19(23(2)20(25)14-8-5-6-9-15(14)21)24-11-7-10-17(18(24)22-16)27-13-12-26-3/h5-11H,4,12-13H2,1-3H3. The van der Waals surface area contributed by atoms with Crippen LogP contribution in [0.15, 0.2) is 42.6 Å². The van der Waals surface area contributed by atoms with Crippen LogP contribution in [0.3, 0.4) is 0 Å². The molecule has 0 aliphatic heterocycles. The molecular weight excluding hydrogens is 349 g/mol. The summed E-state index contributed by atoms with van der Waals surface area (Å²) in [5, 5.41) is 0. The first-order valence-electron chi connectivity index (χ1n) is 8.72. The number of rotatable bonds is 7. The molecule has 27 heavy (non-hydrogen) atoms. The zero-order chi connectivity index (χ0) is 19.4. The third kappa shape index (κ3) is 3.64.